The maximum absolute atomic E-state index is 12.0. The molecular formula is C14H20N4O2S3. The van der Waals surface area contributed by atoms with E-state index in [1.54, 1.807) is 0 Å². The van der Waals surface area contributed by atoms with Crippen molar-refractivity contribution in [1.29, 1.82) is 0 Å². The summed E-state index contributed by atoms with van der Waals surface area (Å²) in [5, 5.41) is 8.21. The zero-order valence-electron chi connectivity index (χ0n) is 12.9. The van der Waals surface area contributed by atoms with Gasteiger partial charge in [-0.25, -0.2) is 0 Å². The van der Waals surface area contributed by atoms with E-state index in [2.05, 4.69) is 10.2 Å². The summed E-state index contributed by atoms with van der Waals surface area (Å²) in [5.74, 6) is 1.21. The van der Waals surface area contributed by atoms with Crippen molar-refractivity contribution in [3.63, 3.8) is 0 Å². The molecule has 126 valence electrons. The molecule has 0 aliphatic carbocycles. The lowest BCUT2D eigenvalue weighted by atomic mass is 10.4. The first-order valence-corrected chi connectivity index (χ1v) is 10.7. The van der Waals surface area contributed by atoms with Crippen molar-refractivity contribution in [3.8, 4) is 0 Å². The molecule has 0 unspecified atom stereocenters. The molecule has 0 aromatic carbocycles. The van der Waals surface area contributed by atoms with Crippen LogP contribution in [0.15, 0.2) is 8.68 Å². The highest BCUT2D eigenvalue weighted by Gasteiger charge is 2.20. The number of carbonyl (C=O) groups excluding carboxylic acids is 2. The fraction of sp³-hybridized carbons (Fsp3) is 0.714. The molecule has 2 aliphatic heterocycles. The summed E-state index contributed by atoms with van der Waals surface area (Å²) >= 11 is 4.35. The molecule has 3 rings (SSSR count). The molecule has 2 aliphatic rings. The summed E-state index contributed by atoms with van der Waals surface area (Å²) in [5.41, 5.74) is 0. The number of aromatic nitrogens is 2. The van der Waals surface area contributed by atoms with Gasteiger partial charge >= 0.3 is 0 Å². The van der Waals surface area contributed by atoms with Gasteiger partial charge in [0.15, 0.2) is 8.68 Å². The Morgan fingerprint density at radius 3 is 1.61 bits per heavy atom. The normalized spacial score (nSPS) is 17.9. The van der Waals surface area contributed by atoms with Crippen LogP contribution in [-0.4, -0.2) is 69.5 Å². The van der Waals surface area contributed by atoms with Crippen molar-refractivity contribution in [3.05, 3.63) is 0 Å². The van der Waals surface area contributed by atoms with Crippen molar-refractivity contribution in [2.24, 2.45) is 0 Å². The van der Waals surface area contributed by atoms with Gasteiger partial charge in [-0.2, -0.15) is 0 Å². The van der Waals surface area contributed by atoms with Gasteiger partial charge in [-0.15, -0.1) is 10.2 Å². The summed E-state index contributed by atoms with van der Waals surface area (Å²) in [7, 11) is 0. The average molecular weight is 373 g/mol. The minimum atomic E-state index is 0.182. The van der Waals surface area contributed by atoms with Crippen LogP contribution in [0.1, 0.15) is 25.7 Å². The Kier molecular flexibility index (Phi) is 6.18. The number of likely N-dealkylation sites (tertiary alicyclic amines) is 2. The van der Waals surface area contributed by atoms with E-state index < -0.39 is 0 Å². The predicted molar refractivity (Wildman–Crippen MR) is 93.0 cm³/mol. The predicted octanol–water partition coefficient (Wildman–Crippen LogP) is 1.97. The lowest BCUT2D eigenvalue weighted by Gasteiger charge is -2.13. The monoisotopic (exact) mass is 372 g/mol. The summed E-state index contributed by atoms with van der Waals surface area (Å²) in [6.45, 7) is 3.54. The minimum Gasteiger partial charge on any atom is -0.342 e. The van der Waals surface area contributed by atoms with Gasteiger partial charge in [0.2, 0.25) is 11.8 Å². The molecule has 0 N–H and O–H groups in total. The first-order valence-electron chi connectivity index (χ1n) is 7.87. The zero-order chi connectivity index (χ0) is 16.1. The van der Waals surface area contributed by atoms with Crippen LogP contribution in [0.4, 0.5) is 0 Å². The van der Waals surface area contributed by atoms with Crippen LogP contribution in [0, 0.1) is 0 Å². The molecule has 2 amide bonds. The van der Waals surface area contributed by atoms with Crippen molar-refractivity contribution in [2.45, 2.75) is 34.4 Å². The Morgan fingerprint density at radius 1 is 0.826 bits per heavy atom. The third kappa shape index (κ3) is 4.84. The lowest BCUT2D eigenvalue weighted by Crippen LogP contribution is -2.29. The van der Waals surface area contributed by atoms with Gasteiger partial charge < -0.3 is 9.80 Å². The van der Waals surface area contributed by atoms with Gasteiger partial charge in [-0.1, -0.05) is 34.9 Å². The van der Waals surface area contributed by atoms with E-state index in [4.69, 9.17) is 0 Å². The number of thioether (sulfide) groups is 2. The van der Waals surface area contributed by atoms with Crippen LogP contribution in [0.5, 0.6) is 0 Å². The third-order valence-electron chi connectivity index (χ3n) is 3.94. The minimum absolute atomic E-state index is 0.182. The molecule has 0 bridgehead atoms. The number of carbonyl (C=O) groups is 2. The lowest BCUT2D eigenvalue weighted by molar-refractivity contribution is -0.128. The Balaban J connectivity index is 1.40. The van der Waals surface area contributed by atoms with E-state index in [1.807, 2.05) is 9.80 Å². The van der Waals surface area contributed by atoms with Gasteiger partial charge in [0.05, 0.1) is 11.5 Å². The first-order chi connectivity index (χ1) is 11.2. The van der Waals surface area contributed by atoms with Crippen LogP contribution in [-0.2, 0) is 9.59 Å². The molecule has 6 nitrogen and oxygen atoms in total. The average Bonchev–Trinajstić information content (AvgIpc) is 3.32. The Bertz CT molecular complexity index is 507. The SMILES string of the molecule is O=C(CSc1nnc(SCC(=O)N2CCCC2)s1)N1CCCC1. The van der Waals surface area contributed by atoms with Crippen molar-refractivity contribution >= 4 is 46.7 Å². The van der Waals surface area contributed by atoms with Crippen LogP contribution >= 0.6 is 34.9 Å². The van der Waals surface area contributed by atoms with Crippen LogP contribution in [0.3, 0.4) is 0 Å². The largest absolute Gasteiger partial charge is 0.342 e. The van der Waals surface area contributed by atoms with Crippen molar-refractivity contribution in [1.82, 2.24) is 20.0 Å². The molecule has 23 heavy (non-hydrogen) atoms. The van der Waals surface area contributed by atoms with E-state index in [0.717, 1.165) is 60.5 Å². The van der Waals surface area contributed by atoms with E-state index in [1.165, 1.54) is 34.9 Å². The second-order valence-corrected chi connectivity index (χ2v) is 9.01. The van der Waals surface area contributed by atoms with Crippen molar-refractivity contribution in [2.75, 3.05) is 37.7 Å². The first kappa shape index (κ1) is 17.0. The molecule has 0 atom stereocenters. The van der Waals surface area contributed by atoms with E-state index in [9.17, 15) is 9.59 Å². The number of amides is 2. The molecule has 9 heteroatoms. The maximum atomic E-state index is 12.0. The Labute approximate surface area is 148 Å². The molecule has 0 radical (unpaired) electrons. The third-order valence-corrected chi connectivity index (χ3v) is 7.10. The molecule has 0 spiro atoms. The second-order valence-electron chi connectivity index (χ2n) is 5.59. The number of hydrogen-bond acceptors (Lipinski definition) is 7. The highest BCUT2D eigenvalue weighted by molar-refractivity contribution is 8.03. The Hall–Kier alpha value is -0.800. The van der Waals surface area contributed by atoms with Crippen molar-refractivity contribution < 1.29 is 9.59 Å². The van der Waals surface area contributed by atoms with Crippen LogP contribution < -0.4 is 0 Å². The molecule has 0 saturated carbocycles. The van der Waals surface area contributed by atoms with Gasteiger partial charge in [0, 0.05) is 26.2 Å². The maximum Gasteiger partial charge on any atom is 0.233 e. The quantitative estimate of drug-likeness (QED) is 0.711. The highest BCUT2D eigenvalue weighted by Crippen LogP contribution is 2.29. The van der Waals surface area contributed by atoms with E-state index in [-0.39, 0.29) is 11.8 Å². The summed E-state index contributed by atoms with van der Waals surface area (Å²) in [4.78, 5) is 27.8. The summed E-state index contributed by atoms with van der Waals surface area (Å²) in [6.07, 6.45) is 4.45. The topological polar surface area (TPSA) is 66.4 Å². The molecule has 2 saturated heterocycles. The van der Waals surface area contributed by atoms with Gasteiger partial charge in [-0.3, -0.25) is 9.59 Å². The van der Waals surface area contributed by atoms with E-state index >= 15 is 0 Å². The number of nitrogens with zero attached hydrogens (tertiary/aromatic N) is 4. The Morgan fingerprint density at radius 2 is 1.22 bits per heavy atom. The standard InChI is InChI=1S/C14H20N4O2S3/c19-11(17-5-1-2-6-17)9-21-13-15-16-14(23-13)22-10-12(20)18-7-3-4-8-18/h1-10H2. The molecule has 3 heterocycles. The zero-order valence-corrected chi connectivity index (χ0v) is 15.4. The number of rotatable bonds is 6. The van der Waals surface area contributed by atoms with Gasteiger partial charge in [0.25, 0.3) is 0 Å². The molecule has 1 aromatic rings. The van der Waals surface area contributed by atoms with Gasteiger partial charge in [0.1, 0.15) is 0 Å². The fourth-order valence-corrected chi connectivity index (χ4v) is 5.50. The molecule has 1 aromatic heterocycles. The smallest absolute Gasteiger partial charge is 0.233 e. The van der Waals surface area contributed by atoms with E-state index in [0.29, 0.717) is 11.5 Å². The van der Waals surface area contributed by atoms with Crippen LogP contribution in [0.2, 0.25) is 0 Å². The summed E-state index contributed by atoms with van der Waals surface area (Å²) < 4.78 is 1.60. The summed E-state index contributed by atoms with van der Waals surface area (Å²) in [6, 6.07) is 0. The van der Waals surface area contributed by atoms with Crippen LogP contribution in [0.25, 0.3) is 0 Å². The highest BCUT2D eigenvalue weighted by atomic mass is 32.2. The van der Waals surface area contributed by atoms with Gasteiger partial charge in [-0.05, 0) is 25.7 Å². The fourth-order valence-electron chi connectivity index (χ4n) is 2.68. The second kappa shape index (κ2) is 8.34. The molecule has 2 fully saturated rings. The molecular weight excluding hydrogens is 352 g/mol. The number of hydrogen-bond donors (Lipinski definition) is 0.